The van der Waals surface area contributed by atoms with Gasteiger partial charge in [-0.05, 0) is 29.9 Å². The maximum Gasteiger partial charge on any atom is 0.249 e. The van der Waals surface area contributed by atoms with E-state index < -0.39 is 0 Å². The van der Waals surface area contributed by atoms with Gasteiger partial charge >= 0.3 is 0 Å². The van der Waals surface area contributed by atoms with Gasteiger partial charge < -0.3 is 5.32 Å². The van der Waals surface area contributed by atoms with Crippen molar-refractivity contribution in [3.05, 3.63) is 42.2 Å². The van der Waals surface area contributed by atoms with Crippen LogP contribution in [0.3, 0.4) is 0 Å². The highest BCUT2D eigenvalue weighted by Crippen LogP contribution is 2.32. The molecule has 0 bridgehead atoms. The number of piperidine rings is 1. The fourth-order valence-corrected chi connectivity index (χ4v) is 2.97. The number of nitrogens with one attached hydrogen (secondary N) is 1. The van der Waals surface area contributed by atoms with Crippen molar-refractivity contribution in [1.29, 1.82) is 0 Å². The maximum atomic E-state index is 12.2. The third-order valence-corrected chi connectivity index (χ3v) is 4.07. The van der Waals surface area contributed by atoms with Crippen molar-refractivity contribution in [2.24, 2.45) is 0 Å². The number of fused-ring (bicyclic) bond motifs is 1. The van der Waals surface area contributed by atoms with Gasteiger partial charge in [0.2, 0.25) is 5.91 Å². The van der Waals surface area contributed by atoms with Gasteiger partial charge in [-0.25, -0.2) is 0 Å². The summed E-state index contributed by atoms with van der Waals surface area (Å²) in [4.78, 5) is 12.2. The Morgan fingerprint density at radius 1 is 1.38 bits per heavy atom. The van der Waals surface area contributed by atoms with Crippen LogP contribution in [0, 0.1) is 0 Å². The van der Waals surface area contributed by atoms with Crippen LogP contribution < -0.4 is 5.32 Å². The first-order chi connectivity index (χ1) is 9.88. The van der Waals surface area contributed by atoms with E-state index in [9.17, 15) is 4.79 Å². The number of benzene rings is 1. The average molecular weight is 283 g/mol. The third kappa shape index (κ3) is 2.35. The summed E-state index contributed by atoms with van der Waals surface area (Å²) < 4.78 is 1.85. The number of hydrogen-bond acceptors (Lipinski definition) is 2. The van der Waals surface area contributed by atoms with Crippen molar-refractivity contribution in [3.63, 3.8) is 0 Å². The summed E-state index contributed by atoms with van der Waals surface area (Å²) in [7, 11) is 0. The smallest absolute Gasteiger partial charge is 0.249 e. The Hall–Kier alpha value is -2.10. The molecule has 4 heteroatoms. The molecule has 1 aromatic carbocycles. The van der Waals surface area contributed by atoms with Crippen molar-refractivity contribution in [1.82, 2.24) is 15.1 Å². The van der Waals surface area contributed by atoms with Crippen LogP contribution in [0.25, 0.3) is 10.9 Å². The lowest BCUT2D eigenvalue weighted by molar-refractivity contribution is -0.125. The van der Waals surface area contributed by atoms with Gasteiger partial charge in [-0.1, -0.05) is 39.5 Å². The lowest BCUT2D eigenvalue weighted by Crippen LogP contribution is -2.36. The number of rotatable bonds is 1. The molecule has 1 saturated heterocycles. The first-order valence-corrected chi connectivity index (χ1v) is 7.33. The fourth-order valence-electron chi connectivity index (χ4n) is 2.97. The molecule has 0 radical (unpaired) electrons. The quantitative estimate of drug-likeness (QED) is 0.873. The van der Waals surface area contributed by atoms with E-state index in [4.69, 9.17) is 0 Å². The molecule has 21 heavy (non-hydrogen) atoms. The molecular formula is C17H21N3O. The van der Waals surface area contributed by atoms with E-state index in [1.807, 2.05) is 23.0 Å². The second kappa shape index (κ2) is 4.72. The Morgan fingerprint density at radius 3 is 2.81 bits per heavy atom. The zero-order chi connectivity index (χ0) is 15.2. The first kappa shape index (κ1) is 13.9. The van der Waals surface area contributed by atoms with Gasteiger partial charge in [0.25, 0.3) is 0 Å². The SMILES string of the molecule is C=C1CCC(n2ncc3c(C(C)(C)C)cccc32)C(=O)N1. The standard InChI is InChI=1S/C17H21N3O/c1-11-8-9-15(16(21)19-11)20-14-7-5-6-13(17(2,3)4)12(14)10-18-20/h5-7,10,15H,1,8-9H2,2-4H3,(H,19,21). The summed E-state index contributed by atoms with van der Waals surface area (Å²) in [6.07, 6.45) is 3.44. The maximum absolute atomic E-state index is 12.2. The van der Waals surface area contributed by atoms with Crippen LogP contribution in [-0.2, 0) is 10.2 Å². The Kier molecular flexibility index (Phi) is 3.12. The number of amides is 1. The second-order valence-corrected chi connectivity index (χ2v) is 6.72. The molecule has 4 nitrogen and oxygen atoms in total. The summed E-state index contributed by atoms with van der Waals surface area (Å²) >= 11 is 0. The monoisotopic (exact) mass is 283 g/mol. The van der Waals surface area contributed by atoms with Crippen molar-refractivity contribution < 1.29 is 4.79 Å². The molecule has 1 atom stereocenters. The van der Waals surface area contributed by atoms with Gasteiger partial charge in [0, 0.05) is 11.1 Å². The molecule has 1 fully saturated rings. The number of aromatic nitrogens is 2. The molecular weight excluding hydrogens is 262 g/mol. The lowest BCUT2D eigenvalue weighted by atomic mass is 9.85. The molecule has 0 saturated carbocycles. The normalized spacial score (nSPS) is 19.9. The van der Waals surface area contributed by atoms with Crippen LogP contribution in [0.2, 0.25) is 0 Å². The van der Waals surface area contributed by atoms with Crippen LogP contribution in [0.4, 0.5) is 0 Å². The van der Waals surface area contributed by atoms with E-state index in [1.165, 1.54) is 5.56 Å². The zero-order valence-corrected chi connectivity index (χ0v) is 12.8. The van der Waals surface area contributed by atoms with Gasteiger partial charge in [0.15, 0.2) is 0 Å². The van der Waals surface area contributed by atoms with Crippen LogP contribution in [-0.4, -0.2) is 15.7 Å². The topological polar surface area (TPSA) is 46.9 Å². The predicted molar refractivity (Wildman–Crippen MR) is 84.0 cm³/mol. The van der Waals surface area contributed by atoms with Gasteiger partial charge in [-0.15, -0.1) is 0 Å². The average Bonchev–Trinajstić information content (AvgIpc) is 2.81. The van der Waals surface area contributed by atoms with Gasteiger partial charge in [-0.3, -0.25) is 9.48 Å². The molecule has 1 aliphatic rings. The summed E-state index contributed by atoms with van der Waals surface area (Å²) in [5.74, 6) is -0.0163. The molecule has 1 aliphatic heterocycles. The first-order valence-electron chi connectivity index (χ1n) is 7.33. The van der Waals surface area contributed by atoms with E-state index in [0.29, 0.717) is 0 Å². The van der Waals surface area contributed by atoms with E-state index in [0.717, 1.165) is 29.4 Å². The van der Waals surface area contributed by atoms with Gasteiger partial charge in [-0.2, -0.15) is 5.10 Å². The number of carbonyl (C=O) groups excluding carboxylic acids is 1. The number of nitrogens with zero attached hydrogens (tertiary/aromatic N) is 2. The molecule has 1 unspecified atom stereocenters. The van der Waals surface area contributed by atoms with Crippen molar-refractivity contribution >= 4 is 16.8 Å². The highest BCUT2D eigenvalue weighted by atomic mass is 16.2. The molecule has 1 N–H and O–H groups in total. The predicted octanol–water partition coefficient (Wildman–Crippen LogP) is 3.30. The number of allylic oxidation sites excluding steroid dienone is 1. The largest absolute Gasteiger partial charge is 0.329 e. The fraction of sp³-hybridized carbons (Fsp3) is 0.412. The highest BCUT2D eigenvalue weighted by Gasteiger charge is 2.28. The summed E-state index contributed by atoms with van der Waals surface area (Å²) in [6, 6.07) is 5.97. The molecule has 110 valence electrons. The van der Waals surface area contributed by atoms with Gasteiger partial charge in [0.1, 0.15) is 6.04 Å². The Bertz CT molecular complexity index is 721. The highest BCUT2D eigenvalue weighted by molar-refractivity contribution is 5.88. The molecule has 1 aromatic heterocycles. The minimum atomic E-state index is -0.247. The molecule has 1 amide bonds. The summed E-state index contributed by atoms with van der Waals surface area (Å²) in [6.45, 7) is 10.4. The van der Waals surface area contributed by atoms with Crippen LogP contribution >= 0.6 is 0 Å². The van der Waals surface area contributed by atoms with E-state index >= 15 is 0 Å². The third-order valence-electron chi connectivity index (χ3n) is 4.07. The lowest BCUT2D eigenvalue weighted by Gasteiger charge is -2.25. The van der Waals surface area contributed by atoms with Crippen molar-refractivity contribution in [3.8, 4) is 0 Å². The van der Waals surface area contributed by atoms with Gasteiger partial charge in [0.05, 0.1) is 11.7 Å². The minimum absolute atomic E-state index is 0.0163. The molecule has 0 aliphatic carbocycles. The minimum Gasteiger partial charge on any atom is -0.329 e. The van der Waals surface area contributed by atoms with Crippen LogP contribution in [0.5, 0.6) is 0 Å². The van der Waals surface area contributed by atoms with E-state index in [1.54, 1.807) is 0 Å². The number of carbonyl (C=O) groups is 1. The molecule has 3 rings (SSSR count). The molecule has 2 aromatic rings. The zero-order valence-electron chi connectivity index (χ0n) is 12.8. The van der Waals surface area contributed by atoms with E-state index in [2.05, 4.69) is 43.8 Å². The van der Waals surface area contributed by atoms with E-state index in [-0.39, 0.29) is 17.4 Å². The summed E-state index contributed by atoms with van der Waals surface area (Å²) in [5, 5.41) is 8.45. The Balaban J connectivity index is 2.09. The van der Waals surface area contributed by atoms with Crippen molar-refractivity contribution in [2.45, 2.75) is 45.1 Å². The molecule has 2 heterocycles. The number of hydrogen-bond donors (Lipinski definition) is 1. The second-order valence-electron chi connectivity index (χ2n) is 6.72. The van der Waals surface area contributed by atoms with Crippen molar-refractivity contribution in [2.75, 3.05) is 0 Å². The van der Waals surface area contributed by atoms with Crippen LogP contribution in [0.15, 0.2) is 36.7 Å². The molecule has 0 spiro atoms. The Labute approximate surface area is 124 Å². The Morgan fingerprint density at radius 2 is 2.14 bits per heavy atom. The summed E-state index contributed by atoms with van der Waals surface area (Å²) in [5.41, 5.74) is 3.13. The van der Waals surface area contributed by atoms with Crippen LogP contribution in [0.1, 0.15) is 45.2 Å².